The Morgan fingerprint density at radius 1 is 1.33 bits per heavy atom. The molecule has 0 radical (unpaired) electrons. The molecule has 0 spiro atoms. The maximum atomic E-state index is 12.2. The summed E-state index contributed by atoms with van der Waals surface area (Å²) in [6.07, 6.45) is 2.74. The fourth-order valence-corrected chi connectivity index (χ4v) is 2.36. The molecule has 0 amide bonds. The maximum absolute atomic E-state index is 12.2. The molecule has 0 atom stereocenters. The summed E-state index contributed by atoms with van der Waals surface area (Å²) in [7, 11) is -3.78. The van der Waals surface area contributed by atoms with Crippen LogP contribution in [0.1, 0.15) is 46.6 Å². The minimum Gasteiger partial charge on any atom is -0.337 e. The van der Waals surface area contributed by atoms with Gasteiger partial charge in [0.25, 0.3) is 16.0 Å². The quantitative estimate of drug-likeness (QED) is 0.925. The minimum absolute atomic E-state index is 0.0540. The highest BCUT2D eigenvalue weighted by Crippen LogP contribution is 2.22. The lowest BCUT2D eigenvalue weighted by molar-refractivity contribution is 0.321. The van der Waals surface area contributed by atoms with E-state index in [-0.39, 0.29) is 22.3 Å². The third-order valence-electron chi connectivity index (χ3n) is 2.71. The van der Waals surface area contributed by atoms with Gasteiger partial charge in [-0.15, -0.1) is 0 Å². The summed E-state index contributed by atoms with van der Waals surface area (Å²) >= 11 is 0. The number of aromatic nitrogens is 4. The van der Waals surface area contributed by atoms with Crippen LogP contribution >= 0.6 is 0 Å². The van der Waals surface area contributed by atoms with E-state index in [1.54, 1.807) is 4.68 Å². The molecule has 0 bridgehead atoms. The van der Waals surface area contributed by atoms with Crippen molar-refractivity contribution in [2.45, 2.75) is 51.0 Å². The Kier molecular flexibility index (Phi) is 3.79. The van der Waals surface area contributed by atoms with Gasteiger partial charge in [-0.3, -0.25) is 4.68 Å². The van der Waals surface area contributed by atoms with E-state index in [1.165, 1.54) is 12.4 Å². The lowest BCUT2D eigenvalue weighted by Gasteiger charge is -2.10. The molecule has 1 N–H and O–H groups in total. The summed E-state index contributed by atoms with van der Waals surface area (Å²) in [6.45, 7) is 9.50. The van der Waals surface area contributed by atoms with Crippen molar-refractivity contribution in [3.05, 3.63) is 18.3 Å². The van der Waals surface area contributed by atoms with E-state index in [9.17, 15) is 8.42 Å². The first-order valence-electron chi connectivity index (χ1n) is 6.51. The maximum Gasteiger partial charge on any atom is 0.277 e. The van der Waals surface area contributed by atoms with Crippen LogP contribution in [0.4, 0.5) is 5.95 Å². The van der Waals surface area contributed by atoms with Crippen LogP contribution in [0.3, 0.4) is 0 Å². The van der Waals surface area contributed by atoms with E-state index in [0.29, 0.717) is 5.89 Å². The Morgan fingerprint density at radius 3 is 2.48 bits per heavy atom. The summed E-state index contributed by atoms with van der Waals surface area (Å²) in [6, 6.07) is 0.0756. The first kappa shape index (κ1) is 15.5. The molecule has 2 aromatic rings. The zero-order valence-corrected chi connectivity index (χ0v) is 13.5. The van der Waals surface area contributed by atoms with Crippen LogP contribution in [-0.2, 0) is 15.4 Å². The number of nitrogens with zero attached hydrogens (tertiary/aromatic N) is 4. The number of rotatable bonds is 4. The van der Waals surface area contributed by atoms with Gasteiger partial charge in [-0.2, -0.15) is 10.1 Å². The molecule has 0 aliphatic carbocycles. The SMILES string of the molecule is CC(C)n1cc(S(=O)(=O)Nc2noc(C(C)(C)C)n2)cn1. The van der Waals surface area contributed by atoms with Gasteiger partial charge in [0.2, 0.25) is 5.89 Å². The third-order valence-corrected chi connectivity index (χ3v) is 3.99. The lowest BCUT2D eigenvalue weighted by Crippen LogP contribution is -2.15. The number of hydrogen-bond acceptors (Lipinski definition) is 6. The molecular formula is C12H19N5O3S. The largest absolute Gasteiger partial charge is 0.337 e. The minimum atomic E-state index is -3.78. The van der Waals surface area contributed by atoms with Gasteiger partial charge in [-0.25, -0.2) is 13.1 Å². The van der Waals surface area contributed by atoms with E-state index < -0.39 is 10.0 Å². The fourth-order valence-electron chi connectivity index (χ4n) is 1.49. The number of sulfonamides is 1. The smallest absolute Gasteiger partial charge is 0.277 e. The first-order chi connectivity index (χ1) is 9.59. The average molecular weight is 313 g/mol. The van der Waals surface area contributed by atoms with E-state index in [4.69, 9.17) is 4.52 Å². The Balaban J connectivity index is 2.23. The zero-order valence-electron chi connectivity index (χ0n) is 12.7. The highest BCUT2D eigenvalue weighted by Gasteiger charge is 2.24. The molecule has 116 valence electrons. The van der Waals surface area contributed by atoms with Crippen LogP contribution in [0.25, 0.3) is 0 Å². The molecule has 0 aliphatic heterocycles. The van der Waals surface area contributed by atoms with Crippen molar-refractivity contribution in [1.82, 2.24) is 19.9 Å². The van der Waals surface area contributed by atoms with Gasteiger partial charge < -0.3 is 4.52 Å². The summed E-state index contributed by atoms with van der Waals surface area (Å²) in [5, 5.41) is 7.63. The molecule has 2 rings (SSSR count). The summed E-state index contributed by atoms with van der Waals surface area (Å²) in [5.41, 5.74) is -0.348. The molecule has 0 unspecified atom stereocenters. The first-order valence-corrected chi connectivity index (χ1v) is 7.99. The van der Waals surface area contributed by atoms with Crippen molar-refractivity contribution in [2.75, 3.05) is 4.72 Å². The molecule has 8 nitrogen and oxygen atoms in total. The van der Waals surface area contributed by atoms with Crippen molar-refractivity contribution in [2.24, 2.45) is 0 Å². The Hall–Kier alpha value is -1.90. The van der Waals surface area contributed by atoms with Crippen LogP contribution in [0.5, 0.6) is 0 Å². The van der Waals surface area contributed by atoms with Crippen molar-refractivity contribution in [3.8, 4) is 0 Å². The van der Waals surface area contributed by atoms with E-state index in [1.807, 2.05) is 34.6 Å². The van der Waals surface area contributed by atoms with Crippen LogP contribution in [0.15, 0.2) is 21.8 Å². The van der Waals surface area contributed by atoms with E-state index in [2.05, 4.69) is 20.0 Å². The molecule has 0 fully saturated rings. The van der Waals surface area contributed by atoms with Gasteiger partial charge in [-0.05, 0) is 19.0 Å². The summed E-state index contributed by atoms with van der Waals surface area (Å²) in [5.74, 6) is 0.273. The van der Waals surface area contributed by atoms with Gasteiger partial charge >= 0.3 is 0 Å². The Labute approximate surface area is 123 Å². The molecule has 0 saturated heterocycles. The van der Waals surface area contributed by atoms with Crippen molar-refractivity contribution >= 4 is 16.0 Å². The third kappa shape index (κ3) is 3.41. The van der Waals surface area contributed by atoms with E-state index in [0.717, 1.165) is 0 Å². The molecule has 0 aliphatic rings. The van der Waals surface area contributed by atoms with Crippen LogP contribution < -0.4 is 4.72 Å². The molecule has 21 heavy (non-hydrogen) atoms. The molecule has 0 aromatic carbocycles. The molecular weight excluding hydrogens is 294 g/mol. The van der Waals surface area contributed by atoms with Gasteiger partial charge in [0.05, 0.1) is 6.20 Å². The fraction of sp³-hybridized carbons (Fsp3) is 0.583. The topological polar surface area (TPSA) is 103 Å². The normalized spacial score (nSPS) is 12.9. The number of nitrogens with one attached hydrogen (secondary N) is 1. The van der Waals surface area contributed by atoms with Crippen LogP contribution in [0, 0.1) is 0 Å². The highest BCUT2D eigenvalue weighted by atomic mass is 32.2. The van der Waals surface area contributed by atoms with Gasteiger partial charge in [0.1, 0.15) is 4.90 Å². The zero-order chi connectivity index (χ0) is 15.8. The predicted molar refractivity (Wildman–Crippen MR) is 76.4 cm³/mol. The second kappa shape index (κ2) is 5.14. The van der Waals surface area contributed by atoms with Crippen LogP contribution in [-0.4, -0.2) is 28.3 Å². The number of anilines is 1. The second-order valence-corrected chi connectivity index (χ2v) is 7.71. The highest BCUT2D eigenvalue weighted by molar-refractivity contribution is 7.92. The van der Waals surface area contributed by atoms with Crippen molar-refractivity contribution in [3.63, 3.8) is 0 Å². The van der Waals surface area contributed by atoms with Crippen LogP contribution in [0.2, 0.25) is 0 Å². The standard InChI is InChI=1S/C12H19N5O3S/c1-8(2)17-7-9(6-13-17)21(18,19)16-11-14-10(20-15-11)12(3,4)5/h6-8H,1-5H3,(H,15,16). The summed E-state index contributed by atoms with van der Waals surface area (Å²) < 4.78 is 33.3. The Morgan fingerprint density at radius 2 is 2.00 bits per heavy atom. The molecule has 0 saturated carbocycles. The molecule has 2 heterocycles. The summed E-state index contributed by atoms with van der Waals surface area (Å²) in [4.78, 5) is 4.09. The van der Waals surface area contributed by atoms with Gasteiger partial charge in [-0.1, -0.05) is 20.8 Å². The van der Waals surface area contributed by atoms with Gasteiger partial charge in [0, 0.05) is 17.7 Å². The predicted octanol–water partition coefficient (Wildman–Crippen LogP) is 1.95. The Bertz CT molecular complexity index is 724. The van der Waals surface area contributed by atoms with E-state index >= 15 is 0 Å². The van der Waals surface area contributed by atoms with Crippen molar-refractivity contribution in [1.29, 1.82) is 0 Å². The van der Waals surface area contributed by atoms with Crippen molar-refractivity contribution < 1.29 is 12.9 Å². The second-order valence-electron chi connectivity index (χ2n) is 6.03. The molecule has 2 aromatic heterocycles. The molecule has 9 heteroatoms. The monoisotopic (exact) mass is 313 g/mol. The lowest BCUT2D eigenvalue weighted by atomic mass is 9.97. The van der Waals surface area contributed by atoms with Gasteiger partial charge in [0.15, 0.2) is 0 Å². The number of hydrogen-bond donors (Lipinski definition) is 1. The average Bonchev–Trinajstić information content (AvgIpc) is 2.94.